The average molecular weight is 183 g/mol. The number of hydrogen-bond acceptors (Lipinski definition) is 4. The highest BCUT2D eigenvalue weighted by Gasteiger charge is 2.02. The second-order valence-corrected chi connectivity index (χ2v) is 2.16. The van der Waals surface area contributed by atoms with E-state index in [1.165, 1.54) is 18.2 Å². The van der Waals surface area contributed by atoms with Gasteiger partial charge >= 0.3 is 11.7 Å². The van der Waals surface area contributed by atoms with E-state index in [0.717, 1.165) is 0 Å². The Balaban J connectivity index is 2.64. The molecule has 13 heavy (non-hydrogen) atoms. The lowest BCUT2D eigenvalue weighted by molar-refractivity contribution is 0.167. The first-order chi connectivity index (χ1) is 6.22. The highest BCUT2D eigenvalue weighted by Crippen LogP contribution is 2.01. The molecule has 1 aromatic heterocycles. The van der Waals surface area contributed by atoms with Crippen molar-refractivity contribution >= 4 is 12.0 Å². The van der Waals surface area contributed by atoms with Crippen molar-refractivity contribution in [3.63, 3.8) is 0 Å². The SMILES string of the molecule is CCOC(=O)Nc1cccc(=O)o1. The summed E-state index contributed by atoms with van der Waals surface area (Å²) in [5, 5.41) is 2.26. The largest absolute Gasteiger partial charge is 0.450 e. The van der Waals surface area contributed by atoms with Gasteiger partial charge in [0.1, 0.15) is 0 Å². The summed E-state index contributed by atoms with van der Waals surface area (Å²) in [4.78, 5) is 21.5. The highest BCUT2D eigenvalue weighted by molar-refractivity contribution is 5.82. The number of carbonyl (C=O) groups is 1. The van der Waals surface area contributed by atoms with Gasteiger partial charge in [-0.15, -0.1) is 0 Å². The Labute approximate surface area is 74.3 Å². The molecule has 0 unspecified atom stereocenters. The topological polar surface area (TPSA) is 68.5 Å². The lowest BCUT2D eigenvalue weighted by atomic mass is 10.5. The average Bonchev–Trinajstić information content (AvgIpc) is 2.04. The van der Waals surface area contributed by atoms with Crippen molar-refractivity contribution in [1.82, 2.24) is 0 Å². The predicted molar refractivity (Wildman–Crippen MR) is 45.6 cm³/mol. The Hall–Kier alpha value is -1.78. The van der Waals surface area contributed by atoms with E-state index in [0.29, 0.717) is 0 Å². The Morgan fingerprint density at radius 2 is 2.38 bits per heavy atom. The minimum absolute atomic E-state index is 0.0750. The van der Waals surface area contributed by atoms with Gasteiger partial charge in [-0.1, -0.05) is 0 Å². The maximum absolute atomic E-state index is 10.8. The van der Waals surface area contributed by atoms with Gasteiger partial charge in [0.15, 0.2) is 0 Å². The fraction of sp³-hybridized carbons (Fsp3) is 0.250. The number of rotatable bonds is 2. The molecule has 1 rings (SSSR count). The van der Waals surface area contributed by atoms with Crippen LogP contribution in [0, 0.1) is 0 Å². The van der Waals surface area contributed by atoms with Crippen molar-refractivity contribution in [2.24, 2.45) is 0 Å². The van der Waals surface area contributed by atoms with Crippen LogP contribution in [0.25, 0.3) is 0 Å². The zero-order valence-corrected chi connectivity index (χ0v) is 7.07. The van der Waals surface area contributed by atoms with Crippen LogP contribution in [0.3, 0.4) is 0 Å². The zero-order chi connectivity index (χ0) is 9.68. The van der Waals surface area contributed by atoms with Gasteiger partial charge in [0, 0.05) is 6.07 Å². The molecule has 5 nitrogen and oxygen atoms in total. The molecule has 0 atom stereocenters. The molecule has 0 saturated carbocycles. The molecule has 70 valence electrons. The first-order valence-electron chi connectivity index (χ1n) is 3.76. The van der Waals surface area contributed by atoms with Crippen molar-refractivity contribution in [3.05, 3.63) is 28.6 Å². The molecular formula is C8H9NO4. The van der Waals surface area contributed by atoms with Gasteiger partial charge in [0.25, 0.3) is 0 Å². The Morgan fingerprint density at radius 1 is 1.62 bits per heavy atom. The summed E-state index contributed by atoms with van der Waals surface area (Å²) in [5.41, 5.74) is -0.519. The van der Waals surface area contributed by atoms with Crippen LogP contribution in [0.2, 0.25) is 0 Å². The first-order valence-corrected chi connectivity index (χ1v) is 3.76. The number of amides is 1. The molecule has 0 aromatic carbocycles. The highest BCUT2D eigenvalue weighted by atomic mass is 16.5. The molecule has 1 N–H and O–H groups in total. The van der Waals surface area contributed by atoms with E-state index in [1.54, 1.807) is 6.92 Å². The van der Waals surface area contributed by atoms with Gasteiger partial charge in [-0.25, -0.2) is 9.59 Å². The second-order valence-electron chi connectivity index (χ2n) is 2.16. The van der Waals surface area contributed by atoms with Crippen molar-refractivity contribution in [2.45, 2.75) is 6.92 Å². The summed E-state index contributed by atoms with van der Waals surface area (Å²) < 4.78 is 9.20. The van der Waals surface area contributed by atoms with Gasteiger partial charge < -0.3 is 9.15 Å². The maximum atomic E-state index is 10.8. The third kappa shape index (κ3) is 2.98. The number of anilines is 1. The van der Waals surface area contributed by atoms with Gasteiger partial charge in [-0.2, -0.15) is 0 Å². The van der Waals surface area contributed by atoms with Crippen molar-refractivity contribution < 1.29 is 13.9 Å². The number of ether oxygens (including phenoxy) is 1. The summed E-state index contributed by atoms with van der Waals surface area (Å²) >= 11 is 0. The third-order valence-electron chi connectivity index (χ3n) is 1.19. The molecular weight excluding hydrogens is 174 g/mol. The fourth-order valence-electron chi connectivity index (χ4n) is 0.725. The summed E-state index contributed by atoms with van der Waals surface area (Å²) in [7, 11) is 0. The van der Waals surface area contributed by atoms with Crippen LogP contribution >= 0.6 is 0 Å². The van der Waals surface area contributed by atoms with E-state index in [9.17, 15) is 9.59 Å². The van der Waals surface area contributed by atoms with Crippen molar-refractivity contribution in [3.8, 4) is 0 Å². The standard InChI is InChI=1S/C8H9NO4/c1-2-12-8(11)9-6-4-3-5-7(10)13-6/h3-5H,2H2,1H3,(H,9,11). The molecule has 0 radical (unpaired) electrons. The predicted octanol–water partition coefficient (Wildman–Crippen LogP) is 1.21. The minimum Gasteiger partial charge on any atom is -0.450 e. The lowest BCUT2D eigenvalue weighted by Crippen LogP contribution is -2.14. The molecule has 1 amide bonds. The summed E-state index contributed by atoms with van der Waals surface area (Å²) in [6.45, 7) is 1.95. The monoisotopic (exact) mass is 183 g/mol. The van der Waals surface area contributed by atoms with Crippen LogP contribution in [0.1, 0.15) is 6.92 Å². The third-order valence-corrected chi connectivity index (χ3v) is 1.19. The lowest BCUT2D eigenvalue weighted by Gasteiger charge is -2.01. The van der Waals surface area contributed by atoms with E-state index in [4.69, 9.17) is 0 Å². The van der Waals surface area contributed by atoms with Gasteiger partial charge in [-0.3, -0.25) is 5.32 Å². The summed E-state index contributed by atoms with van der Waals surface area (Å²) in [5.74, 6) is 0.0750. The van der Waals surface area contributed by atoms with Gasteiger partial charge in [0.05, 0.1) is 6.61 Å². The van der Waals surface area contributed by atoms with E-state index < -0.39 is 11.7 Å². The molecule has 5 heteroatoms. The zero-order valence-electron chi connectivity index (χ0n) is 7.07. The van der Waals surface area contributed by atoms with Crippen LogP contribution < -0.4 is 10.9 Å². The molecule has 0 aliphatic rings. The van der Waals surface area contributed by atoms with E-state index in [2.05, 4.69) is 14.5 Å². The maximum Gasteiger partial charge on any atom is 0.413 e. The molecule has 0 spiro atoms. The van der Waals surface area contributed by atoms with Crippen LogP contribution in [0.5, 0.6) is 0 Å². The molecule has 0 aliphatic carbocycles. The minimum atomic E-state index is -0.642. The van der Waals surface area contributed by atoms with Crippen LogP contribution in [-0.4, -0.2) is 12.7 Å². The Bertz CT molecular complexity index is 344. The molecule has 1 heterocycles. The molecule has 0 fully saturated rings. The summed E-state index contributed by atoms with van der Waals surface area (Å²) in [6.07, 6.45) is -0.642. The molecule has 0 aliphatic heterocycles. The van der Waals surface area contributed by atoms with Crippen LogP contribution in [-0.2, 0) is 4.74 Å². The van der Waals surface area contributed by atoms with Crippen molar-refractivity contribution in [2.75, 3.05) is 11.9 Å². The second kappa shape index (κ2) is 4.30. The fourth-order valence-corrected chi connectivity index (χ4v) is 0.725. The summed E-state index contributed by atoms with van der Waals surface area (Å²) in [6, 6.07) is 4.18. The van der Waals surface area contributed by atoms with Gasteiger partial charge in [0.2, 0.25) is 5.88 Å². The van der Waals surface area contributed by atoms with Crippen molar-refractivity contribution in [1.29, 1.82) is 0 Å². The number of hydrogen-bond donors (Lipinski definition) is 1. The number of carbonyl (C=O) groups excluding carboxylic acids is 1. The Kier molecular flexibility index (Phi) is 3.08. The molecule has 1 aromatic rings. The first kappa shape index (κ1) is 9.31. The van der Waals surface area contributed by atoms with Gasteiger partial charge in [-0.05, 0) is 19.1 Å². The van der Waals surface area contributed by atoms with Crippen LogP contribution in [0.15, 0.2) is 27.4 Å². The van der Waals surface area contributed by atoms with Crippen LogP contribution in [0.4, 0.5) is 10.7 Å². The molecule has 0 bridgehead atoms. The van der Waals surface area contributed by atoms with E-state index in [-0.39, 0.29) is 12.5 Å². The van der Waals surface area contributed by atoms with E-state index in [1.807, 2.05) is 0 Å². The Morgan fingerprint density at radius 3 is 3.00 bits per heavy atom. The number of nitrogens with one attached hydrogen (secondary N) is 1. The quantitative estimate of drug-likeness (QED) is 0.748. The smallest absolute Gasteiger partial charge is 0.413 e. The molecule has 0 saturated heterocycles. The van der Waals surface area contributed by atoms with E-state index >= 15 is 0 Å². The normalized spacial score (nSPS) is 9.31.